The largest absolute Gasteiger partial charge is 0.481 e. The van der Waals surface area contributed by atoms with Gasteiger partial charge in [0.25, 0.3) is 0 Å². The Morgan fingerprint density at radius 3 is 2.75 bits per heavy atom. The third-order valence-corrected chi connectivity index (χ3v) is 4.35. The van der Waals surface area contributed by atoms with Gasteiger partial charge in [-0.2, -0.15) is 0 Å². The summed E-state index contributed by atoms with van der Waals surface area (Å²) in [5.41, 5.74) is 0.726. The zero-order valence-electron chi connectivity index (χ0n) is 8.72. The number of hydrogen-bond donors (Lipinski definition) is 1. The third kappa shape index (κ3) is 3.83. The van der Waals surface area contributed by atoms with E-state index in [4.69, 9.17) is 16.7 Å². The van der Waals surface area contributed by atoms with E-state index in [0.29, 0.717) is 5.02 Å². The summed E-state index contributed by atoms with van der Waals surface area (Å²) < 4.78 is 15.7. The Balaban J connectivity index is 2.95. The number of carbonyl (C=O) groups is 1. The quantitative estimate of drug-likeness (QED) is 0.902. The molecule has 0 aliphatic heterocycles. The Morgan fingerprint density at radius 2 is 2.25 bits per heavy atom. The first-order chi connectivity index (χ1) is 7.45. The van der Waals surface area contributed by atoms with Crippen LogP contribution in [0.1, 0.15) is 5.56 Å². The van der Waals surface area contributed by atoms with Gasteiger partial charge in [-0.15, -0.1) is 0 Å². The molecule has 1 aromatic carbocycles. The van der Waals surface area contributed by atoms with Gasteiger partial charge in [-0.05, 0) is 17.7 Å². The molecule has 0 radical (unpaired) electrons. The number of nitrogens with zero attached hydrogens (tertiary/aromatic N) is 1. The molecule has 0 aromatic heterocycles. The number of carboxylic acid groups (broad SMARTS) is 1. The Morgan fingerprint density at radius 1 is 1.56 bits per heavy atom. The number of rotatable bonds is 4. The summed E-state index contributed by atoms with van der Waals surface area (Å²) in [4.78, 5) is 10.6. The Hall–Kier alpha value is -1.07. The molecule has 4 nitrogen and oxygen atoms in total. The Kier molecular flexibility index (Phi) is 4.32. The van der Waals surface area contributed by atoms with Gasteiger partial charge in [0.05, 0.1) is 15.5 Å². The monoisotopic (exact) mass is 261 g/mol. The van der Waals surface area contributed by atoms with Crippen molar-refractivity contribution in [3.63, 3.8) is 0 Å². The van der Waals surface area contributed by atoms with E-state index < -0.39 is 21.5 Å². The topological polar surface area (TPSA) is 66.7 Å². The number of carboxylic acids is 1. The number of halogens is 1. The van der Waals surface area contributed by atoms with Crippen LogP contribution in [0.5, 0.6) is 0 Å². The van der Waals surface area contributed by atoms with E-state index in [1.165, 1.54) is 7.05 Å². The van der Waals surface area contributed by atoms with Crippen LogP contribution in [0.2, 0.25) is 5.02 Å². The van der Waals surface area contributed by atoms with Crippen molar-refractivity contribution in [2.45, 2.75) is 5.75 Å². The van der Waals surface area contributed by atoms with Gasteiger partial charge in [0, 0.05) is 12.1 Å². The highest BCUT2D eigenvalue weighted by Gasteiger charge is 2.14. The lowest BCUT2D eigenvalue weighted by molar-refractivity contribution is -0.134. The second kappa shape index (κ2) is 5.32. The molecule has 16 heavy (non-hydrogen) atoms. The van der Waals surface area contributed by atoms with Gasteiger partial charge in [-0.1, -0.05) is 23.7 Å². The van der Waals surface area contributed by atoms with Crippen LogP contribution in [0, 0.1) is 0 Å². The minimum atomic E-state index is -2.73. The van der Waals surface area contributed by atoms with Gasteiger partial charge in [0.15, 0.2) is 0 Å². The SMILES string of the molecule is CN=S(=O)(CC(=O)O)Cc1cccc(Cl)c1. The van der Waals surface area contributed by atoms with Crippen LogP contribution in [-0.2, 0) is 20.3 Å². The van der Waals surface area contributed by atoms with Crippen molar-refractivity contribution >= 4 is 27.3 Å². The normalized spacial score (nSPS) is 14.1. The van der Waals surface area contributed by atoms with Crippen molar-refractivity contribution in [1.29, 1.82) is 0 Å². The van der Waals surface area contributed by atoms with Gasteiger partial charge in [0.1, 0.15) is 5.75 Å². The summed E-state index contributed by atoms with van der Waals surface area (Å²) in [5, 5.41) is 9.18. The molecule has 0 amide bonds. The Bertz CT molecular complexity index is 507. The first-order valence-electron chi connectivity index (χ1n) is 4.52. The highest BCUT2D eigenvalue weighted by Crippen LogP contribution is 2.14. The molecule has 0 heterocycles. The van der Waals surface area contributed by atoms with Gasteiger partial charge in [-0.3, -0.25) is 4.79 Å². The molecule has 6 heteroatoms. The molecule has 0 saturated heterocycles. The molecule has 0 fully saturated rings. The summed E-state index contributed by atoms with van der Waals surface area (Å²) in [6, 6.07) is 6.84. The summed E-state index contributed by atoms with van der Waals surface area (Å²) >= 11 is 5.78. The fourth-order valence-corrected chi connectivity index (χ4v) is 2.92. The van der Waals surface area contributed by atoms with Gasteiger partial charge < -0.3 is 5.11 Å². The average Bonchev–Trinajstić information content (AvgIpc) is 2.16. The van der Waals surface area contributed by atoms with E-state index in [0.717, 1.165) is 5.56 Å². The van der Waals surface area contributed by atoms with Crippen LogP contribution < -0.4 is 0 Å². The van der Waals surface area contributed by atoms with Crippen LogP contribution in [-0.4, -0.2) is 28.1 Å². The van der Waals surface area contributed by atoms with Crippen molar-refractivity contribution in [3.8, 4) is 0 Å². The van der Waals surface area contributed by atoms with Crippen LogP contribution in [0.3, 0.4) is 0 Å². The van der Waals surface area contributed by atoms with Crippen molar-refractivity contribution in [3.05, 3.63) is 34.9 Å². The van der Waals surface area contributed by atoms with Crippen molar-refractivity contribution in [2.75, 3.05) is 12.8 Å². The zero-order valence-corrected chi connectivity index (χ0v) is 10.3. The lowest BCUT2D eigenvalue weighted by Gasteiger charge is -2.07. The predicted molar refractivity (Wildman–Crippen MR) is 64.2 cm³/mol. The molecule has 1 unspecified atom stereocenters. The minimum absolute atomic E-state index is 0.107. The van der Waals surface area contributed by atoms with Gasteiger partial charge in [0.2, 0.25) is 0 Å². The van der Waals surface area contributed by atoms with E-state index >= 15 is 0 Å². The molecular formula is C10H12ClNO3S. The van der Waals surface area contributed by atoms with Crippen LogP contribution in [0.15, 0.2) is 28.6 Å². The first kappa shape index (κ1) is 13.0. The van der Waals surface area contributed by atoms with Crippen molar-refractivity contribution in [1.82, 2.24) is 0 Å². The average molecular weight is 262 g/mol. The molecule has 0 bridgehead atoms. The third-order valence-electron chi connectivity index (χ3n) is 1.96. The molecule has 0 aliphatic carbocycles. The standard InChI is InChI=1S/C10H12ClNO3S/c1-12-16(15,7-10(13)14)6-8-3-2-4-9(11)5-8/h2-5H,6-7H2,1H3,(H,13,14). The first-order valence-corrected chi connectivity index (χ1v) is 6.75. The fourth-order valence-electron chi connectivity index (χ4n) is 1.26. The second-order valence-corrected chi connectivity index (χ2v) is 6.19. The highest BCUT2D eigenvalue weighted by molar-refractivity contribution is 7.93. The van der Waals surface area contributed by atoms with Crippen molar-refractivity contribution in [2.24, 2.45) is 4.36 Å². The number of benzene rings is 1. The summed E-state index contributed by atoms with van der Waals surface area (Å²) in [5.74, 6) is -1.45. The summed E-state index contributed by atoms with van der Waals surface area (Å²) in [7, 11) is -1.36. The highest BCUT2D eigenvalue weighted by atomic mass is 35.5. The van der Waals surface area contributed by atoms with Crippen LogP contribution >= 0.6 is 11.6 Å². The molecule has 0 saturated carbocycles. The molecular weight excluding hydrogens is 250 g/mol. The lowest BCUT2D eigenvalue weighted by atomic mass is 10.2. The minimum Gasteiger partial charge on any atom is -0.481 e. The maximum absolute atomic E-state index is 12.1. The van der Waals surface area contributed by atoms with Gasteiger partial charge >= 0.3 is 5.97 Å². The van der Waals surface area contributed by atoms with E-state index in [9.17, 15) is 9.00 Å². The maximum atomic E-state index is 12.1. The van der Waals surface area contributed by atoms with Crippen LogP contribution in [0.25, 0.3) is 0 Å². The van der Waals surface area contributed by atoms with E-state index in [2.05, 4.69) is 4.36 Å². The van der Waals surface area contributed by atoms with E-state index in [-0.39, 0.29) is 5.75 Å². The summed E-state index contributed by atoms with van der Waals surface area (Å²) in [6.45, 7) is 0. The van der Waals surface area contributed by atoms with E-state index in [1.54, 1.807) is 24.3 Å². The molecule has 0 aliphatic rings. The maximum Gasteiger partial charge on any atom is 0.317 e. The molecule has 0 spiro atoms. The van der Waals surface area contributed by atoms with E-state index in [1.807, 2.05) is 0 Å². The van der Waals surface area contributed by atoms with Gasteiger partial charge in [-0.25, -0.2) is 8.57 Å². The van der Waals surface area contributed by atoms with Crippen molar-refractivity contribution < 1.29 is 14.1 Å². The predicted octanol–water partition coefficient (Wildman–Crippen LogP) is 2.02. The smallest absolute Gasteiger partial charge is 0.317 e. The second-order valence-electron chi connectivity index (χ2n) is 3.27. The molecule has 88 valence electrons. The molecule has 1 atom stereocenters. The molecule has 1 aromatic rings. The molecule has 1 N–H and O–H groups in total. The molecule has 1 rings (SSSR count). The lowest BCUT2D eigenvalue weighted by Crippen LogP contribution is -2.16. The fraction of sp³-hybridized carbons (Fsp3) is 0.300. The summed E-state index contributed by atoms with van der Waals surface area (Å²) in [6.07, 6.45) is 0. The van der Waals surface area contributed by atoms with Crippen LogP contribution in [0.4, 0.5) is 0 Å². The zero-order chi connectivity index (χ0) is 12.2. The number of aliphatic carboxylic acids is 1. The Labute approximate surface area is 99.4 Å². The number of hydrogen-bond acceptors (Lipinski definition) is 3.